The topological polar surface area (TPSA) is 154 Å². The summed E-state index contributed by atoms with van der Waals surface area (Å²) in [5.74, 6) is -0.00981. The summed E-state index contributed by atoms with van der Waals surface area (Å²) in [4.78, 5) is 40.6. The lowest BCUT2D eigenvalue weighted by Gasteiger charge is -2.48. The zero-order chi connectivity index (χ0) is 45.6. The SMILES string of the molecule is COC[C@@H](OC)[C@@H](OC)[C@H](OC)[C@H](CNC(=O)CCCCCCCCCCC(=O)NCc1ccc(N2C(=O)[C@H](CC[C@H](O)c3ccc(F)cc3)[C@H]2c2ccc(OC)cc2)cc1)OC. The Balaban J connectivity index is 1.10. The predicted molar refractivity (Wildman–Crippen MR) is 240 cm³/mol. The molecule has 13 nitrogen and oxygen atoms in total. The molecular formula is C49H70FN3O10. The van der Waals surface area contributed by atoms with Crippen LogP contribution in [0.5, 0.6) is 5.75 Å². The monoisotopic (exact) mass is 880 g/mol. The average molecular weight is 880 g/mol. The quantitative estimate of drug-likeness (QED) is 0.0441. The first-order valence-corrected chi connectivity index (χ1v) is 22.2. The van der Waals surface area contributed by atoms with E-state index in [4.69, 9.17) is 28.4 Å². The first kappa shape index (κ1) is 51.2. The van der Waals surface area contributed by atoms with Gasteiger partial charge in [-0.15, -0.1) is 0 Å². The highest BCUT2D eigenvalue weighted by Gasteiger charge is 2.48. The van der Waals surface area contributed by atoms with Gasteiger partial charge in [-0.05, 0) is 78.8 Å². The van der Waals surface area contributed by atoms with Crippen molar-refractivity contribution in [3.05, 3.63) is 95.3 Å². The van der Waals surface area contributed by atoms with E-state index in [1.54, 1.807) is 59.7 Å². The Bertz CT molecular complexity index is 1780. The normalized spacial score (nSPS) is 17.3. The van der Waals surface area contributed by atoms with Crippen molar-refractivity contribution in [2.24, 2.45) is 5.92 Å². The van der Waals surface area contributed by atoms with Gasteiger partial charge in [0, 0.05) is 67.2 Å². The number of aliphatic hydroxyl groups excluding tert-OH is 1. The van der Waals surface area contributed by atoms with Gasteiger partial charge in [0.25, 0.3) is 0 Å². The molecule has 0 bridgehead atoms. The van der Waals surface area contributed by atoms with Crippen molar-refractivity contribution in [1.29, 1.82) is 0 Å². The van der Waals surface area contributed by atoms with Gasteiger partial charge in [-0.3, -0.25) is 14.4 Å². The van der Waals surface area contributed by atoms with Gasteiger partial charge in [0.1, 0.15) is 36.0 Å². The number of nitrogens with zero attached hydrogens (tertiary/aromatic N) is 1. The summed E-state index contributed by atoms with van der Waals surface area (Å²) in [7, 11) is 9.54. The molecule has 0 radical (unpaired) electrons. The van der Waals surface area contributed by atoms with E-state index < -0.39 is 24.4 Å². The second-order valence-electron chi connectivity index (χ2n) is 16.2. The van der Waals surface area contributed by atoms with Crippen molar-refractivity contribution >= 4 is 23.4 Å². The van der Waals surface area contributed by atoms with Crippen LogP contribution in [0.15, 0.2) is 72.8 Å². The number of β-lactam (4-membered cyclic amide) rings is 1. The fraction of sp³-hybridized carbons (Fsp3) is 0.571. The molecule has 1 saturated heterocycles. The van der Waals surface area contributed by atoms with Gasteiger partial charge in [0.15, 0.2) is 0 Å². The molecule has 3 aromatic rings. The van der Waals surface area contributed by atoms with E-state index in [2.05, 4.69) is 10.6 Å². The minimum absolute atomic E-state index is 0.0128. The highest BCUT2D eigenvalue weighted by molar-refractivity contribution is 6.03. The Kier molecular flexibility index (Phi) is 22.5. The number of ether oxygens (including phenoxy) is 6. The molecule has 3 aromatic carbocycles. The number of methoxy groups -OCH3 is 6. The minimum Gasteiger partial charge on any atom is -0.497 e. The van der Waals surface area contributed by atoms with Gasteiger partial charge >= 0.3 is 0 Å². The summed E-state index contributed by atoms with van der Waals surface area (Å²) in [5, 5.41) is 16.8. The maximum Gasteiger partial charge on any atom is 0.233 e. The zero-order valence-electron chi connectivity index (χ0n) is 38.0. The largest absolute Gasteiger partial charge is 0.497 e. The van der Waals surface area contributed by atoms with Crippen LogP contribution in [0.2, 0.25) is 0 Å². The minimum atomic E-state index is -0.805. The van der Waals surface area contributed by atoms with E-state index in [0.29, 0.717) is 44.4 Å². The molecule has 1 aliphatic heterocycles. The third kappa shape index (κ3) is 15.6. The average Bonchev–Trinajstić information content (AvgIpc) is 3.30. The summed E-state index contributed by atoms with van der Waals surface area (Å²) in [6.45, 7) is 1.01. The second kappa shape index (κ2) is 27.7. The van der Waals surface area contributed by atoms with Gasteiger partial charge in [-0.25, -0.2) is 4.39 Å². The number of aliphatic hydroxyl groups is 1. The molecule has 1 fully saturated rings. The summed E-state index contributed by atoms with van der Waals surface area (Å²) in [6, 6.07) is 20.9. The number of hydrogen-bond donors (Lipinski definition) is 3. The summed E-state index contributed by atoms with van der Waals surface area (Å²) < 4.78 is 46.6. The Morgan fingerprint density at radius 3 is 1.79 bits per heavy atom. The number of nitrogens with one attached hydrogen (secondary N) is 2. The molecule has 1 aliphatic rings. The van der Waals surface area contributed by atoms with Crippen LogP contribution in [-0.4, -0.2) is 103 Å². The van der Waals surface area contributed by atoms with Crippen molar-refractivity contribution in [1.82, 2.24) is 10.6 Å². The molecule has 3 amide bonds. The fourth-order valence-electron chi connectivity index (χ4n) is 8.28. The summed E-state index contributed by atoms with van der Waals surface area (Å²) >= 11 is 0. The molecule has 14 heteroatoms. The molecule has 63 heavy (non-hydrogen) atoms. The molecule has 1 heterocycles. The van der Waals surface area contributed by atoms with Crippen LogP contribution in [0, 0.1) is 11.7 Å². The van der Waals surface area contributed by atoms with Crippen molar-refractivity contribution in [3.8, 4) is 5.75 Å². The van der Waals surface area contributed by atoms with Gasteiger partial charge in [0.2, 0.25) is 17.7 Å². The van der Waals surface area contributed by atoms with Crippen LogP contribution in [0.1, 0.15) is 106 Å². The number of hydrogen-bond acceptors (Lipinski definition) is 10. The first-order valence-electron chi connectivity index (χ1n) is 22.2. The number of carbonyl (C=O) groups is 3. The number of rotatable bonds is 31. The molecule has 0 aliphatic carbocycles. The molecule has 0 spiro atoms. The van der Waals surface area contributed by atoms with Crippen LogP contribution in [0.3, 0.4) is 0 Å². The van der Waals surface area contributed by atoms with Gasteiger partial charge in [0.05, 0.1) is 31.8 Å². The van der Waals surface area contributed by atoms with Crippen LogP contribution < -0.4 is 20.3 Å². The van der Waals surface area contributed by atoms with Crippen LogP contribution in [0.25, 0.3) is 0 Å². The van der Waals surface area contributed by atoms with Gasteiger partial charge < -0.3 is 49.1 Å². The lowest BCUT2D eigenvalue weighted by Crippen LogP contribution is -2.55. The molecule has 0 saturated carbocycles. The number of unbranched alkanes of at least 4 members (excludes halogenated alkanes) is 7. The summed E-state index contributed by atoms with van der Waals surface area (Å²) in [6.07, 6.45) is 7.14. The van der Waals surface area contributed by atoms with Crippen LogP contribution in [0.4, 0.5) is 10.1 Å². The number of halogens is 1. The Labute approximate surface area is 373 Å². The van der Waals surface area contributed by atoms with E-state index in [0.717, 1.165) is 73.9 Å². The zero-order valence-corrected chi connectivity index (χ0v) is 38.0. The van der Waals surface area contributed by atoms with E-state index in [-0.39, 0.29) is 48.1 Å². The maximum atomic E-state index is 13.6. The van der Waals surface area contributed by atoms with Crippen molar-refractivity contribution in [3.63, 3.8) is 0 Å². The lowest BCUT2D eigenvalue weighted by atomic mass is 9.78. The second-order valence-corrected chi connectivity index (χ2v) is 16.2. The Hall–Kier alpha value is -4.44. The standard InChI is InChI=1S/C49H70FN3O10/c1-58-33-43(61-4)48(63-6)47(62-5)42(60-3)32-52-45(56)16-14-12-10-8-7-9-11-13-15-44(55)51-31-34-17-25-38(26-18-34)53-46(36-21-27-39(59-2)28-22-36)40(49(53)57)29-30-41(54)35-19-23-37(50)24-20-35/h17-28,40-43,46-48,54H,7-16,29-33H2,1-6H3,(H,51,55)(H,52,56)/t40-,41+,42+,43-,46-,47-,48-/m1/s1. The number of amides is 3. The maximum absolute atomic E-state index is 13.6. The summed E-state index contributed by atoms with van der Waals surface area (Å²) in [5.41, 5.74) is 3.28. The predicted octanol–water partition coefficient (Wildman–Crippen LogP) is 7.39. The van der Waals surface area contributed by atoms with Gasteiger partial charge in [-0.2, -0.15) is 0 Å². The van der Waals surface area contributed by atoms with Crippen molar-refractivity contribution < 1.29 is 52.3 Å². The van der Waals surface area contributed by atoms with Gasteiger partial charge in [-0.1, -0.05) is 74.9 Å². The molecular weight excluding hydrogens is 810 g/mol. The number of anilines is 1. The molecule has 0 unspecified atom stereocenters. The highest BCUT2D eigenvalue weighted by Crippen LogP contribution is 2.46. The molecule has 7 atom stereocenters. The number of benzene rings is 3. The van der Waals surface area contributed by atoms with Crippen LogP contribution >= 0.6 is 0 Å². The highest BCUT2D eigenvalue weighted by atomic mass is 19.1. The molecule has 348 valence electrons. The Morgan fingerprint density at radius 2 is 1.25 bits per heavy atom. The van der Waals surface area contributed by atoms with E-state index in [9.17, 15) is 23.9 Å². The van der Waals surface area contributed by atoms with Crippen molar-refractivity contribution in [2.75, 3.05) is 60.7 Å². The molecule has 0 aromatic heterocycles. The van der Waals surface area contributed by atoms with E-state index in [1.807, 2.05) is 48.5 Å². The smallest absolute Gasteiger partial charge is 0.233 e. The fourth-order valence-corrected chi connectivity index (χ4v) is 8.28. The third-order valence-corrected chi connectivity index (χ3v) is 12.0. The third-order valence-electron chi connectivity index (χ3n) is 12.0. The van der Waals surface area contributed by atoms with E-state index >= 15 is 0 Å². The van der Waals surface area contributed by atoms with Crippen molar-refractivity contribution in [2.45, 2.75) is 120 Å². The van der Waals surface area contributed by atoms with E-state index in [1.165, 1.54) is 12.1 Å². The molecule has 3 N–H and O–H groups in total. The molecule has 4 rings (SSSR count). The Morgan fingerprint density at radius 1 is 0.698 bits per heavy atom. The lowest BCUT2D eigenvalue weighted by molar-refractivity contribution is -0.158. The van der Waals surface area contributed by atoms with Crippen LogP contribution in [-0.2, 0) is 44.6 Å². The first-order chi connectivity index (χ1) is 30.6. The number of carbonyl (C=O) groups excluding carboxylic acids is 3.